The van der Waals surface area contributed by atoms with Crippen LogP contribution in [-0.4, -0.2) is 68.3 Å². The van der Waals surface area contributed by atoms with Gasteiger partial charge in [-0.05, 0) is 46.5 Å². The van der Waals surface area contributed by atoms with Crippen LogP contribution in [-0.2, 0) is 14.4 Å². The summed E-state index contributed by atoms with van der Waals surface area (Å²) in [5.41, 5.74) is -0.642. The van der Waals surface area contributed by atoms with Gasteiger partial charge in [-0.1, -0.05) is 0 Å². The number of carboxylic acid groups (broad SMARTS) is 3. The summed E-state index contributed by atoms with van der Waals surface area (Å²) in [6.07, 6.45) is 1.03. The average Bonchev–Trinajstić information content (AvgIpc) is 2.21. The predicted molar refractivity (Wildman–Crippen MR) is 82.3 cm³/mol. The maximum atomic E-state index is 11.8. The molecule has 8 heteroatoms. The maximum Gasteiger partial charge on any atom is 0.321 e. The number of nitrogens with zero attached hydrogens (tertiary/aromatic N) is 1. The second kappa shape index (κ2) is 6.84. The van der Waals surface area contributed by atoms with E-state index in [0.717, 1.165) is 4.90 Å². The Morgan fingerprint density at radius 2 is 1.39 bits per heavy atom. The lowest BCUT2D eigenvalue weighted by Gasteiger charge is -2.49. The first-order valence-electron chi connectivity index (χ1n) is 7.53. The van der Waals surface area contributed by atoms with Gasteiger partial charge in [-0.15, -0.1) is 0 Å². The number of nitrogens with one attached hydrogen (secondary N) is 1. The van der Waals surface area contributed by atoms with Crippen LogP contribution >= 0.6 is 0 Å². The fraction of sp³-hybridized carbons (Fsp3) is 0.800. The molecule has 1 aliphatic heterocycles. The SMILES string of the molecule is CC1(C)CC(C(C(=O)O)N(CC(=O)O)CC(=O)O)CC(C)(C)N1. The van der Waals surface area contributed by atoms with Gasteiger partial charge in [0.15, 0.2) is 0 Å². The Hall–Kier alpha value is -1.67. The first kappa shape index (κ1) is 19.4. The lowest BCUT2D eigenvalue weighted by atomic mass is 9.72. The van der Waals surface area contributed by atoms with Gasteiger partial charge in [-0.25, -0.2) is 0 Å². The van der Waals surface area contributed by atoms with Crippen molar-refractivity contribution in [3.63, 3.8) is 0 Å². The van der Waals surface area contributed by atoms with Crippen LogP contribution in [0.1, 0.15) is 40.5 Å². The smallest absolute Gasteiger partial charge is 0.321 e. The molecule has 0 saturated carbocycles. The summed E-state index contributed by atoms with van der Waals surface area (Å²) in [4.78, 5) is 34.8. The van der Waals surface area contributed by atoms with Crippen LogP contribution in [0.5, 0.6) is 0 Å². The van der Waals surface area contributed by atoms with Crippen molar-refractivity contribution in [3.05, 3.63) is 0 Å². The van der Waals surface area contributed by atoms with Gasteiger partial charge in [0.2, 0.25) is 0 Å². The molecule has 4 N–H and O–H groups in total. The zero-order valence-corrected chi connectivity index (χ0v) is 14.0. The van der Waals surface area contributed by atoms with Gasteiger partial charge >= 0.3 is 17.9 Å². The van der Waals surface area contributed by atoms with Crippen LogP contribution in [0.4, 0.5) is 0 Å². The molecule has 0 radical (unpaired) electrons. The fourth-order valence-corrected chi connectivity index (χ4v) is 3.88. The number of rotatable bonds is 7. The molecule has 0 amide bonds. The average molecular weight is 330 g/mol. The largest absolute Gasteiger partial charge is 0.480 e. The minimum absolute atomic E-state index is 0.321. The van der Waals surface area contributed by atoms with Gasteiger partial charge in [0.1, 0.15) is 6.04 Å². The highest BCUT2D eigenvalue weighted by atomic mass is 16.4. The van der Waals surface area contributed by atoms with Gasteiger partial charge in [-0.2, -0.15) is 0 Å². The number of carboxylic acids is 3. The number of piperidine rings is 1. The molecule has 1 atom stereocenters. The van der Waals surface area contributed by atoms with Crippen molar-refractivity contribution in [2.75, 3.05) is 13.1 Å². The van der Waals surface area contributed by atoms with E-state index in [1.165, 1.54) is 0 Å². The molecular weight excluding hydrogens is 304 g/mol. The molecule has 0 aromatic rings. The molecule has 8 nitrogen and oxygen atoms in total. The quantitative estimate of drug-likeness (QED) is 0.530. The minimum atomic E-state index is -1.25. The topological polar surface area (TPSA) is 127 Å². The molecule has 132 valence electrons. The van der Waals surface area contributed by atoms with E-state index in [-0.39, 0.29) is 17.0 Å². The fourth-order valence-electron chi connectivity index (χ4n) is 3.88. The van der Waals surface area contributed by atoms with E-state index in [4.69, 9.17) is 10.2 Å². The van der Waals surface area contributed by atoms with Gasteiger partial charge in [0.25, 0.3) is 0 Å². The monoisotopic (exact) mass is 330 g/mol. The zero-order chi connectivity index (χ0) is 18.0. The Bertz CT molecular complexity index is 456. The van der Waals surface area contributed by atoms with Crippen molar-refractivity contribution >= 4 is 17.9 Å². The molecule has 23 heavy (non-hydrogen) atoms. The molecule has 1 saturated heterocycles. The first-order chi connectivity index (χ1) is 10.3. The van der Waals surface area contributed by atoms with Crippen molar-refractivity contribution in [1.82, 2.24) is 10.2 Å². The summed E-state index contributed by atoms with van der Waals surface area (Å²) in [6.45, 7) is 6.59. The van der Waals surface area contributed by atoms with Gasteiger partial charge < -0.3 is 20.6 Å². The van der Waals surface area contributed by atoms with E-state index in [9.17, 15) is 19.5 Å². The van der Waals surface area contributed by atoms with E-state index in [1.54, 1.807) is 0 Å². The first-order valence-corrected chi connectivity index (χ1v) is 7.53. The molecule has 1 unspecified atom stereocenters. The third-order valence-corrected chi connectivity index (χ3v) is 3.99. The normalized spacial score (nSPS) is 21.8. The molecule has 1 heterocycles. The van der Waals surface area contributed by atoms with E-state index in [2.05, 4.69) is 5.32 Å². The van der Waals surface area contributed by atoms with Crippen molar-refractivity contribution in [2.24, 2.45) is 5.92 Å². The summed E-state index contributed by atoms with van der Waals surface area (Å²) in [6, 6.07) is -1.15. The number of carbonyl (C=O) groups is 3. The van der Waals surface area contributed by atoms with Crippen LogP contribution in [0.25, 0.3) is 0 Å². The van der Waals surface area contributed by atoms with Crippen molar-refractivity contribution in [3.8, 4) is 0 Å². The van der Waals surface area contributed by atoms with Crippen molar-refractivity contribution < 1.29 is 29.7 Å². The Morgan fingerprint density at radius 3 is 1.70 bits per heavy atom. The highest BCUT2D eigenvalue weighted by Crippen LogP contribution is 2.36. The van der Waals surface area contributed by atoms with Gasteiger partial charge in [0, 0.05) is 11.1 Å². The van der Waals surface area contributed by atoms with Gasteiger partial charge in [0.05, 0.1) is 13.1 Å². The molecule has 1 fully saturated rings. The van der Waals surface area contributed by atoms with Crippen LogP contribution < -0.4 is 5.32 Å². The van der Waals surface area contributed by atoms with E-state index in [1.807, 2.05) is 27.7 Å². The number of aliphatic carboxylic acids is 3. The summed E-state index contributed by atoms with van der Waals surface area (Å²) >= 11 is 0. The van der Waals surface area contributed by atoms with Crippen LogP contribution in [0.3, 0.4) is 0 Å². The minimum Gasteiger partial charge on any atom is -0.480 e. The van der Waals surface area contributed by atoms with Crippen molar-refractivity contribution in [2.45, 2.75) is 57.7 Å². The number of hydrogen-bond acceptors (Lipinski definition) is 5. The summed E-state index contributed by atoms with van der Waals surface area (Å²) < 4.78 is 0. The second-order valence-corrected chi connectivity index (χ2v) is 7.54. The Kier molecular flexibility index (Phi) is 5.76. The summed E-state index contributed by atoms with van der Waals surface area (Å²) in [5.74, 6) is -4.03. The number of hydrogen-bond donors (Lipinski definition) is 4. The van der Waals surface area contributed by atoms with Gasteiger partial charge in [-0.3, -0.25) is 19.3 Å². The Labute approximate surface area is 135 Å². The Balaban J connectivity index is 3.13. The molecule has 1 rings (SSSR count). The predicted octanol–water partition coefficient (Wildman–Crippen LogP) is 0.468. The highest BCUT2D eigenvalue weighted by Gasteiger charge is 2.45. The second-order valence-electron chi connectivity index (χ2n) is 7.54. The standard InChI is InChI=1S/C15H26N2O6/c1-14(2)5-9(6-15(3,4)16-14)12(13(22)23)17(7-10(18)19)8-11(20)21/h9,12,16H,5-8H2,1-4H3,(H,18,19)(H,20,21)(H,22,23). The summed E-state index contributed by atoms with van der Waals surface area (Å²) in [7, 11) is 0. The lowest BCUT2D eigenvalue weighted by molar-refractivity contribution is -0.152. The van der Waals surface area contributed by atoms with Crippen LogP contribution in [0.15, 0.2) is 0 Å². The third kappa shape index (κ3) is 5.80. The van der Waals surface area contributed by atoms with E-state index >= 15 is 0 Å². The van der Waals surface area contributed by atoms with E-state index < -0.39 is 37.0 Å². The lowest BCUT2D eigenvalue weighted by Crippen LogP contribution is -2.62. The Morgan fingerprint density at radius 1 is 1.00 bits per heavy atom. The molecular formula is C15H26N2O6. The summed E-state index contributed by atoms with van der Waals surface area (Å²) in [5, 5.41) is 31.0. The van der Waals surface area contributed by atoms with Crippen molar-refractivity contribution in [1.29, 1.82) is 0 Å². The molecule has 0 bridgehead atoms. The maximum absolute atomic E-state index is 11.8. The molecule has 0 aliphatic carbocycles. The highest BCUT2D eigenvalue weighted by molar-refractivity contribution is 5.78. The molecule has 0 aromatic carbocycles. The zero-order valence-electron chi connectivity index (χ0n) is 14.0. The van der Waals surface area contributed by atoms with E-state index in [0.29, 0.717) is 12.8 Å². The van der Waals surface area contributed by atoms with Crippen LogP contribution in [0.2, 0.25) is 0 Å². The molecule has 1 aliphatic rings. The molecule has 0 aromatic heterocycles. The third-order valence-electron chi connectivity index (χ3n) is 3.99. The van der Waals surface area contributed by atoms with Crippen LogP contribution in [0, 0.1) is 5.92 Å². The molecule has 0 spiro atoms.